The summed E-state index contributed by atoms with van der Waals surface area (Å²) in [6.45, 7) is 9.22. The maximum atomic E-state index is 13.2. The number of halogens is 3. The maximum absolute atomic E-state index is 13.2. The minimum absolute atomic E-state index is 0.0254. The van der Waals surface area contributed by atoms with Crippen LogP contribution in [0.25, 0.3) is 101 Å². The fourth-order valence-corrected chi connectivity index (χ4v) is 11.1. The second kappa shape index (κ2) is 25.8. The quantitative estimate of drug-likeness (QED) is 0.114. The van der Waals surface area contributed by atoms with E-state index in [9.17, 15) is 4.79 Å². The van der Waals surface area contributed by atoms with Crippen molar-refractivity contribution in [2.45, 2.75) is 33.0 Å². The third kappa shape index (κ3) is 12.2. The van der Waals surface area contributed by atoms with Gasteiger partial charge in [0.1, 0.15) is 40.7 Å². The number of aromatic nitrogens is 12. The lowest BCUT2D eigenvalue weighted by Gasteiger charge is -2.36. The topological polar surface area (TPSA) is 158 Å². The van der Waals surface area contributed by atoms with Crippen LogP contribution >= 0.6 is 34.8 Å². The molecule has 1 aliphatic heterocycles. The molecule has 1 amide bonds. The fraction of sp³-hybridized carbons (Fsp3) is 0.200. The molecule has 0 bridgehead atoms. The lowest BCUT2D eigenvalue weighted by molar-refractivity contribution is -0.134. The Labute approximate surface area is 501 Å². The van der Waals surface area contributed by atoms with Crippen molar-refractivity contribution in [2.75, 3.05) is 46.8 Å². The van der Waals surface area contributed by atoms with Gasteiger partial charge in [-0.3, -0.25) is 9.69 Å². The molecule has 0 aliphatic carbocycles. The van der Waals surface area contributed by atoms with Crippen LogP contribution in [0, 0.1) is 0 Å². The number of likely N-dealkylation sites (N-methyl/N-ethyl adjacent to an activating group) is 1. The number of piperazine rings is 1. The molecule has 7 heterocycles. The van der Waals surface area contributed by atoms with Gasteiger partial charge in [0.15, 0.2) is 16.9 Å². The standard InChI is InChI=1S/C26H27ClN6O.C21H20ClN5.C18H13ClN4/c1-18(2)31-13-15-32(16-14-31)21(34)17-33-26-22(24(30-33)19-9-5-3-6-10-19)23(27)25(28-29-26)20-11-7-4-8-12-20;1-26(2)13-14-27-21-17(19(25-27)15-9-5-3-6-10-15)18(22)20(23-24-21)16-11-7-4-8-12-16;1-23-18-14(16(22-23)12-8-4-2-5-9-12)15(19)17(20-21-18)13-10-6-3-7-11-13/h3-12,18H,13-17H2,1-2H3;3-12H,13-14H2,1-2H3;2-11H,1H3. The van der Waals surface area contributed by atoms with Crippen molar-refractivity contribution in [1.82, 2.24) is 74.6 Å². The fourth-order valence-electron chi connectivity index (χ4n) is 10.1. The van der Waals surface area contributed by atoms with Gasteiger partial charge in [0.05, 0.1) is 37.8 Å². The van der Waals surface area contributed by atoms with E-state index in [0.717, 1.165) is 75.2 Å². The molecule has 19 heteroatoms. The number of nitrogens with zero attached hydrogens (tertiary/aromatic N) is 15. The summed E-state index contributed by atoms with van der Waals surface area (Å²) in [5, 5.41) is 44.7. The second-order valence-corrected chi connectivity index (χ2v) is 21.9. The molecule has 0 unspecified atom stereocenters. The van der Waals surface area contributed by atoms with E-state index in [4.69, 9.17) is 45.0 Å². The molecule has 6 aromatic heterocycles. The summed E-state index contributed by atoms with van der Waals surface area (Å²) in [6.07, 6.45) is 0. The van der Waals surface area contributed by atoms with Gasteiger partial charge in [-0.05, 0) is 27.9 Å². The van der Waals surface area contributed by atoms with E-state index < -0.39 is 0 Å². The van der Waals surface area contributed by atoms with E-state index in [1.807, 2.05) is 213 Å². The second-order valence-electron chi connectivity index (χ2n) is 20.7. The molecule has 0 atom stereocenters. The van der Waals surface area contributed by atoms with Gasteiger partial charge in [-0.25, -0.2) is 14.0 Å². The third-order valence-corrected chi connectivity index (χ3v) is 15.7. The van der Waals surface area contributed by atoms with Crippen LogP contribution in [0.5, 0.6) is 0 Å². The number of carbonyl (C=O) groups is 1. The number of hydrogen-bond acceptors (Lipinski definition) is 12. The van der Waals surface area contributed by atoms with Gasteiger partial charge >= 0.3 is 0 Å². The van der Waals surface area contributed by atoms with Crippen molar-refractivity contribution in [3.8, 4) is 67.5 Å². The van der Waals surface area contributed by atoms with Crippen molar-refractivity contribution >= 4 is 73.8 Å². The highest BCUT2D eigenvalue weighted by atomic mass is 35.5. The predicted octanol–water partition coefficient (Wildman–Crippen LogP) is 13.1. The highest BCUT2D eigenvalue weighted by Crippen LogP contribution is 2.40. The van der Waals surface area contributed by atoms with Gasteiger partial charge in [-0.1, -0.05) is 217 Å². The zero-order valence-electron chi connectivity index (χ0n) is 47.1. The van der Waals surface area contributed by atoms with E-state index in [2.05, 4.69) is 59.3 Å². The maximum Gasteiger partial charge on any atom is 0.244 e. The smallest absolute Gasteiger partial charge is 0.244 e. The van der Waals surface area contributed by atoms with Gasteiger partial charge in [-0.2, -0.15) is 15.3 Å². The number of aryl methyl sites for hydroxylation is 1. The van der Waals surface area contributed by atoms with Crippen LogP contribution in [0.2, 0.25) is 15.1 Å². The first-order valence-corrected chi connectivity index (χ1v) is 28.8. The number of carbonyl (C=O) groups excluding carboxylic acids is 1. The van der Waals surface area contributed by atoms with Gasteiger partial charge in [-0.15, -0.1) is 30.6 Å². The molecular formula is C65H60Cl3N15O. The summed E-state index contributed by atoms with van der Waals surface area (Å²) in [7, 11) is 5.92. The summed E-state index contributed by atoms with van der Waals surface area (Å²) in [5.41, 5.74) is 11.9. The van der Waals surface area contributed by atoms with Gasteiger partial charge in [0.25, 0.3) is 0 Å². The Morgan fingerprint density at radius 2 is 0.762 bits per heavy atom. The summed E-state index contributed by atoms with van der Waals surface area (Å²) >= 11 is 20.4. The monoisotopic (exact) mass is 1170 g/mol. The van der Waals surface area contributed by atoms with Crippen LogP contribution in [0.3, 0.4) is 0 Å². The molecular weight excluding hydrogens is 1110 g/mol. The minimum atomic E-state index is 0.0254. The zero-order chi connectivity index (χ0) is 58.3. The first kappa shape index (κ1) is 57.1. The van der Waals surface area contributed by atoms with E-state index in [1.165, 1.54) is 0 Å². The Morgan fingerprint density at radius 1 is 0.440 bits per heavy atom. The Bertz CT molecular complexity index is 4200. The van der Waals surface area contributed by atoms with Crippen LogP contribution in [-0.2, 0) is 24.9 Å². The Kier molecular flexibility index (Phi) is 17.5. The molecule has 84 heavy (non-hydrogen) atoms. The van der Waals surface area contributed by atoms with Gasteiger partial charge in [0.2, 0.25) is 5.91 Å². The van der Waals surface area contributed by atoms with Gasteiger partial charge < -0.3 is 9.80 Å². The van der Waals surface area contributed by atoms with Crippen LogP contribution in [-0.4, -0.2) is 133 Å². The Morgan fingerprint density at radius 3 is 1.13 bits per heavy atom. The first-order valence-electron chi connectivity index (χ1n) is 27.7. The average molecular weight is 1170 g/mol. The van der Waals surface area contributed by atoms with E-state index in [-0.39, 0.29) is 12.5 Å². The molecule has 1 aliphatic rings. The molecule has 0 spiro atoms. The van der Waals surface area contributed by atoms with E-state index in [0.29, 0.717) is 85.8 Å². The average Bonchev–Trinajstić information content (AvgIpc) is 3.90. The summed E-state index contributed by atoms with van der Waals surface area (Å²) < 4.78 is 5.25. The Balaban J connectivity index is 0.000000134. The van der Waals surface area contributed by atoms with E-state index >= 15 is 0 Å². The molecule has 0 radical (unpaired) electrons. The van der Waals surface area contributed by atoms with Crippen molar-refractivity contribution in [1.29, 1.82) is 0 Å². The summed E-state index contributed by atoms with van der Waals surface area (Å²) in [4.78, 5) is 19.6. The van der Waals surface area contributed by atoms with Crippen molar-refractivity contribution in [2.24, 2.45) is 7.05 Å². The highest BCUT2D eigenvalue weighted by molar-refractivity contribution is 6.39. The number of amides is 1. The van der Waals surface area contributed by atoms with Crippen LogP contribution in [0.15, 0.2) is 182 Å². The van der Waals surface area contributed by atoms with Crippen LogP contribution < -0.4 is 0 Å². The predicted molar refractivity (Wildman–Crippen MR) is 336 cm³/mol. The molecule has 13 rings (SSSR count). The number of benzene rings is 6. The van der Waals surface area contributed by atoms with Crippen molar-refractivity contribution < 1.29 is 4.79 Å². The Hall–Kier alpha value is -8.77. The third-order valence-electron chi connectivity index (χ3n) is 14.6. The summed E-state index contributed by atoms with van der Waals surface area (Å²) in [5.74, 6) is 0.0254. The number of rotatable bonds is 12. The molecule has 12 aromatic rings. The van der Waals surface area contributed by atoms with Crippen molar-refractivity contribution in [3.63, 3.8) is 0 Å². The first-order chi connectivity index (χ1) is 40.9. The minimum Gasteiger partial charge on any atom is -0.339 e. The molecule has 0 saturated carbocycles. The highest BCUT2D eigenvalue weighted by Gasteiger charge is 2.27. The molecule has 0 N–H and O–H groups in total. The van der Waals surface area contributed by atoms with Crippen LogP contribution in [0.1, 0.15) is 13.8 Å². The van der Waals surface area contributed by atoms with Crippen molar-refractivity contribution in [3.05, 3.63) is 197 Å². The SMILES string of the molecule is CC(C)N1CCN(C(=O)Cn2nc(-c3ccccc3)c3c(Cl)c(-c4ccccc4)nnc32)CC1.CN(C)CCn1nc(-c2ccccc2)c2c(Cl)c(-c3ccccc3)nnc21.Cn1nc(-c2ccccc2)c2c(Cl)c(-c3ccccc3)nnc21. The normalized spacial score (nSPS) is 12.7. The molecule has 1 saturated heterocycles. The number of hydrogen-bond donors (Lipinski definition) is 0. The van der Waals surface area contributed by atoms with E-state index in [1.54, 1.807) is 9.36 Å². The largest absolute Gasteiger partial charge is 0.339 e. The number of fused-ring (bicyclic) bond motifs is 3. The zero-order valence-corrected chi connectivity index (χ0v) is 49.4. The summed E-state index contributed by atoms with van der Waals surface area (Å²) in [6, 6.07) is 59.8. The van der Waals surface area contributed by atoms with Crippen LogP contribution in [0.4, 0.5) is 0 Å². The molecule has 16 nitrogen and oxygen atoms in total. The lowest BCUT2D eigenvalue weighted by Crippen LogP contribution is -2.51. The molecule has 1 fully saturated rings. The molecule has 6 aromatic carbocycles. The molecule has 422 valence electrons. The lowest BCUT2D eigenvalue weighted by atomic mass is 10.1. The van der Waals surface area contributed by atoms with Gasteiger partial charge in [0, 0.05) is 79.2 Å².